The van der Waals surface area contributed by atoms with Crippen molar-refractivity contribution in [1.29, 1.82) is 5.26 Å². The third-order valence-electron chi connectivity index (χ3n) is 2.06. The van der Waals surface area contributed by atoms with E-state index in [9.17, 15) is 4.79 Å². The summed E-state index contributed by atoms with van der Waals surface area (Å²) in [6, 6.07) is 7.11. The number of esters is 1. The Bertz CT molecular complexity index is 391. The summed E-state index contributed by atoms with van der Waals surface area (Å²) in [6.45, 7) is 1.91. The zero-order valence-corrected chi connectivity index (χ0v) is 8.20. The van der Waals surface area contributed by atoms with E-state index in [4.69, 9.17) is 5.26 Å². The molecule has 0 unspecified atom stereocenters. The van der Waals surface area contributed by atoms with Crippen molar-refractivity contribution in [3.63, 3.8) is 0 Å². The lowest BCUT2D eigenvalue weighted by atomic mass is 10.00. The molecule has 0 aliphatic rings. The summed E-state index contributed by atoms with van der Waals surface area (Å²) in [5, 5.41) is 8.83. The van der Waals surface area contributed by atoms with E-state index in [-0.39, 0.29) is 5.97 Å². The molecule has 0 N–H and O–H groups in total. The van der Waals surface area contributed by atoms with Gasteiger partial charge in [-0.05, 0) is 24.1 Å². The summed E-state index contributed by atoms with van der Waals surface area (Å²) in [4.78, 5) is 11.3. The Labute approximate surface area is 82.9 Å². The predicted octanol–water partition coefficient (Wildman–Crippen LogP) is 1.91. The first-order valence-corrected chi connectivity index (χ1v) is 4.34. The Morgan fingerprint density at radius 3 is 2.79 bits per heavy atom. The number of hydrogen-bond donors (Lipinski definition) is 0. The molecule has 0 fully saturated rings. The maximum atomic E-state index is 11.3. The van der Waals surface area contributed by atoms with E-state index >= 15 is 0 Å². The van der Waals surface area contributed by atoms with Crippen LogP contribution < -0.4 is 0 Å². The van der Waals surface area contributed by atoms with Crippen LogP contribution >= 0.6 is 0 Å². The monoisotopic (exact) mass is 189 g/mol. The molecule has 1 aromatic carbocycles. The number of nitriles is 1. The van der Waals surface area contributed by atoms with Gasteiger partial charge < -0.3 is 4.74 Å². The quantitative estimate of drug-likeness (QED) is 0.667. The van der Waals surface area contributed by atoms with Crippen LogP contribution in [0.5, 0.6) is 0 Å². The molecule has 0 radical (unpaired) electrons. The predicted molar refractivity (Wildman–Crippen MR) is 51.9 cm³/mol. The summed E-state index contributed by atoms with van der Waals surface area (Å²) < 4.78 is 4.63. The summed E-state index contributed by atoms with van der Waals surface area (Å²) in [6.07, 6.45) is 0.647. The lowest BCUT2D eigenvalue weighted by molar-refractivity contribution is 0.0599. The minimum absolute atomic E-state index is 0.390. The van der Waals surface area contributed by atoms with Crippen molar-refractivity contribution in [2.75, 3.05) is 7.11 Å². The number of rotatable bonds is 2. The molecular formula is C11H11NO2. The number of methoxy groups -OCH3 is 1. The van der Waals surface area contributed by atoms with E-state index < -0.39 is 0 Å². The van der Waals surface area contributed by atoms with Crippen LogP contribution in [-0.2, 0) is 11.2 Å². The second kappa shape index (κ2) is 4.43. The van der Waals surface area contributed by atoms with Gasteiger partial charge in [-0.15, -0.1) is 0 Å². The summed E-state index contributed by atoms with van der Waals surface area (Å²) in [5.74, 6) is -0.390. The second-order valence-corrected chi connectivity index (χ2v) is 2.79. The molecule has 3 nitrogen and oxygen atoms in total. The highest BCUT2D eigenvalue weighted by Crippen LogP contribution is 2.15. The van der Waals surface area contributed by atoms with Crippen LogP contribution in [0.15, 0.2) is 18.2 Å². The van der Waals surface area contributed by atoms with Gasteiger partial charge in [0.05, 0.1) is 24.3 Å². The van der Waals surface area contributed by atoms with Gasteiger partial charge in [0.15, 0.2) is 0 Å². The van der Waals surface area contributed by atoms with Crippen LogP contribution in [0.25, 0.3) is 0 Å². The number of hydrogen-bond acceptors (Lipinski definition) is 3. The van der Waals surface area contributed by atoms with Crippen molar-refractivity contribution in [2.45, 2.75) is 13.3 Å². The van der Waals surface area contributed by atoms with E-state index in [0.717, 1.165) is 5.56 Å². The van der Waals surface area contributed by atoms with E-state index in [2.05, 4.69) is 10.8 Å². The molecule has 3 heteroatoms. The van der Waals surface area contributed by atoms with Crippen molar-refractivity contribution in [3.05, 3.63) is 34.9 Å². The number of ether oxygens (including phenoxy) is 1. The molecule has 0 saturated carbocycles. The highest BCUT2D eigenvalue weighted by Gasteiger charge is 2.13. The third-order valence-corrected chi connectivity index (χ3v) is 2.06. The molecule has 0 aliphatic heterocycles. The first kappa shape index (κ1) is 10.3. The second-order valence-electron chi connectivity index (χ2n) is 2.79. The molecular weight excluding hydrogens is 178 g/mol. The van der Waals surface area contributed by atoms with Crippen molar-refractivity contribution >= 4 is 5.97 Å². The van der Waals surface area contributed by atoms with Crippen LogP contribution in [0.2, 0.25) is 0 Å². The zero-order chi connectivity index (χ0) is 10.6. The van der Waals surface area contributed by atoms with Gasteiger partial charge >= 0.3 is 5.97 Å². The number of carbonyl (C=O) groups excluding carboxylic acids is 1. The molecule has 0 spiro atoms. The average molecular weight is 189 g/mol. The molecule has 0 aromatic heterocycles. The average Bonchev–Trinajstić information content (AvgIpc) is 2.26. The third kappa shape index (κ3) is 1.74. The molecule has 0 heterocycles. The molecule has 0 amide bonds. The Morgan fingerprint density at radius 1 is 1.57 bits per heavy atom. The van der Waals surface area contributed by atoms with Crippen molar-refractivity contribution in [3.8, 4) is 6.07 Å². The normalized spacial score (nSPS) is 9.21. The van der Waals surface area contributed by atoms with Crippen LogP contribution in [0, 0.1) is 11.3 Å². The van der Waals surface area contributed by atoms with Crippen LogP contribution in [-0.4, -0.2) is 13.1 Å². The molecule has 0 saturated heterocycles. The van der Waals surface area contributed by atoms with Gasteiger partial charge in [-0.2, -0.15) is 5.26 Å². The lowest BCUT2D eigenvalue weighted by Crippen LogP contribution is -2.06. The van der Waals surface area contributed by atoms with Gasteiger partial charge in [0, 0.05) is 0 Å². The number of benzene rings is 1. The summed E-state index contributed by atoms with van der Waals surface area (Å²) in [5.41, 5.74) is 1.77. The zero-order valence-electron chi connectivity index (χ0n) is 8.20. The first-order valence-electron chi connectivity index (χ1n) is 4.34. The molecule has 0 bridgehead atoms. The topological polar surface area (TPSA) is 50.1 Å². The van der Waals surface area contributed by atoms with E-state index in [1.807, 2.05) is 6.92 Å². The smallest absolute Gasteiger partial charge is 0.338 e. The van der Waals surface area contributed by atoms with Crippen molar-refractivity contribution < 1.29 is 9.53 Å². The Kier molecular flexibility index (Phi) is 3.24. The van der Waals surface area contributed by atoms with Crippen LogP contribution in [0.4, 0.5) is 0 Å². The minimum atomic E-state index is -0.390. The number of nitrogens with zero attached hydrogens (tertiary/aromatic N) is 1. The van der Waals surface area contributed by atoms with E-state index in [1.54, 1.807) is 18.2 Å². The summed E-state index contributed by atoms with van der Waals surface area (Å²) in [7, 11) is 1.33. The molecule has 0 atom stereocenters. The molecule has 14 heavy (non-hydrogen) atoms. The van der Waals surface area contributed by atoms with E-state index in [0.29, 0.717) is 17.5 Å². The first-order chi connectivity index (χ1) is 6.74. The fraction of sp³-hybridized carbons (Fsp3) is 0.273. The molecule has 1 rings (SSSR count). The molecule has 0 aliphatic carbocycles. The van der Waals surface area contributed by atoms with Gasteiger partial charge in [-0.3, -0.25) is 0 Å². The van der Waals surface area contributed by atoms with Gasteiger partial charge in [-0.25, -0.2) is 4.79 Å². The maximum Gasteiger partial charge on any atom is 0.338 e. The maximum absolute atomic E-state index is 11.3. The van der Waals surface area contributed by atoms with Crippen LogP contribution in [0.3, 0.4) is 0 Å². The summed E-state index contributed by atoms with van der Waals surface area (Å²) >= 11 is 0. The van der Waals surface area contributed by atoms with Crippen LogP contribution in [0.1, 0.15) is 28.4 Å². The lowest BCUT2D eigenvalue weighted by Gasteiger charge is -2.06. The SMILES string of the molecule is CCc1c(C#N)cccc1C(=O)OC. The van der Waals surface area contributed by atoms with Gasteiger partial charge in [-0.1, -0.05) is 13.0 Å². The number of carbonyl (C=O) groups is 1. The van der Waals surface area contributed by atoms with Gasteiger partial charge in [0.1, 0.15) is 0 Å². The van der Waals surface area contributed by atoms with Gasteiger partial charge in [0.25, 0.3) is 0 Å². The fourth-order valence-corrected chi connectivity index (χ4v) is 1.37. The highest BCUT2D eigenvalue weighted by molar-refractivity contribution is 5.91. The standard InChI is InChI=1S/C11H11NO2/c1-3-9-8(7-12)5-4-6-10(9)11(13)14-2/h4-6H,3H2,1-2H3. The van der Waals surface area contributed by atoms with Gasteiger partial charge in [0.2, 0.25) is 0 Å². The highest BCUT2D eigenvalue weighted by atomic mass is 16.5. The Morgan fingerprint density at radius 2 is 2.29 bits per heavy atom. The minimum Gasteiger partial charge on any atom is -0.465 e. The fourth-order valence-electron chi connectivity index (χ4n) is 1.37. The molecule has 1 aromatic rings. The van der Waals surface area contributed by atoms with E-state index in [1.165, 1.54) is 7.11 Å². The largest absolute Gasteiger partial charge is 0.465 e. The van der Waals surface area contributed by atoms with Crippen molar-refractivity contribution in [1.82, 2.24) is 0 Å². The molecule has 72 valence electrons. The van der Waals surface area contributed by atoms with Crippen molar-refractivity contribution in [2.24, 2.45) is 0 Å². The Hall–Kier alpha value is -1.82. The Balaban J connectivity index is 3.31.